The number of hydrogen-bond acceptors (Lipinski definition) is 3. The van der Waals surface area contributed by atoms with Crippen molar-refractivity contribution < 1.29 is 9.13 Å². The van der Waals surface area contributed by atoms with Gasteiger partial charge in [0.1, 0.15) is 6.73 Å². The maximum absolute atomic E-state index is 13.9. The molecule has 1 aromatic heterocycles. The standard InChI is InChI=1S/C14H24FN3O/c1-4-19-10-18-14(13(15)9-16-18)12-5-7-17(8-6-12)11(2)3/h9,11-12H,4-8,10H2,1-3H3. The predicted molar refractivity (Wildman–Crippen MR) is 72.5 cm³/mol. The highest BCUT2D eigenvalue weighted by molar-refractivity contribution is 5.12. The SMILES string of the molecule is CCOCn1ncc(F)c1C1CCN(C(C)C)CC1. The number of nitrogens with zero attached hydrogens (tertiary/aromatic N) is 3. The highest BCUT2D eigenvalue weighted by atomic mass is 19.1. The highest BCUT2D eigenvalue weighted by Crippen LogP contribution is 2.30. The zero-order valence-corrected chi connectivity index (χ0v) is 12.1. The van der Waals surface area contributed by atoms with Crippen LogP contribution in [-0.2, 0) is 11.5 Å². The minimum Gasteiger partial charge on any atom is -0.360 e. The first-order valence-corrected chi connectivity index (χ1v) is 7.16. The van der Waals surface area contributed by atoms with Crippen LogP contribution in [0, 0.1) is 5.82 Å². The van der Waals surface area contributed by atoms with E-state index < -0.39 is 0 Å². The van der Waals surface area contributed by atoms with Crippen molar-refractivity contribution in [3.63, 3.8) is 0 Å². The number of rotatable bonds is 5. The molecule has 0 spiro atoms. The Morgan fingerprint density at radius 3 is 2.68 bits per heavy atom. The molecule has 0 aromatic carbocycles. The Kier molecular flexibility index (Phi) is 4.93. The third kappa shape index (κ3) is 3.34. The van der Waals surface area contributed by atoms with Crippen LogP contribution in [0.1, 0.15) is 45.2 Å². The van der Waals surface area contributed by atoms with Crippen LogP contribution in [-0.4, -0.2) is 40.4 Å². The van der Waals surface area contributed by atoms with E-state index in [0.29, 0.717) is 19.4 Å². The number of likely N-dealkylation sites (tertiary alicyclic amines) is 1. The van der Waals surface area contributed by atoms with Crippen molar-refractivity contribution >= 4 is 0 Å². The minimum atomic E-state index is -0.192. The first-order valence-electron chi connectivity index (χ1n) is 7.16. The van der Waals surface area contributed by atoms with Gasteiger partial charge in [-0.05, 0) is 46.7 Å². The molecule has 1 fully saturated rings. The summed E-state index contributed by atoms with van der Waals surface area (Å²) in [6.07, 6.45) is 3.29. The lowest BCUT2D eigenvalue weighted by Gasteiger charge is -2.34. The molecule has 0 atom stereocenters. The maximum Gasteiger partial charge on any atom is 0.164 e. The lowest BCUT2D eigenvalue weighted by molar-refractivity contribution is 0.0737. The molecule has 2 rings (SSSR count). The van der Waals surface area contributed by atoms with E-state index in [-0.39, 0.29) is 11.7 Å². The molecule has 0 bridgehead atoms. The summed E-state index contributed by atoms with van der Waals surface area (Å²) < 4.78 is 20.9. The van der Waals surface area contributed by atoms with Gasteiger partial charge in [0.15, 0.2) is 5.82 Å². The topological polar surface area (TPSA) is 30.3 Å². The summed E-state index contributed by atoms with van der Waals surface area (Å²) in [6, 6.07) is 0.569. The molecule has 0 radical (unpaired) electrons. The molecule has 1 saturated heterocycles. The van der Waals surface area contributed by atoms with Crippen molar-refractivity contribution in [1.82, 2.24) is 14.7 Å². The van der Waals surface area contributed by atoms with Crippen molar-refractivity contribution in [2.24, 2.45) is 0 Å². The molecule has 0 saturated carbocycles. The summed E-state index contributed by atoms with van der Waals surface area (Å²) in [5.74, 6) is 0.0701. The number of halogens is 1. The van der Waals surface area contributed by atoms with Gasteiger partial charge >= 0.3 is 0 Å². The molecule has 4 nitrogen and oxygen atoms in total. The van der Waals surface area contributed by atoms with Crippen molar-refractivity contribution in [3.05, 3.63) is 17.7 Å². The molecule has 0 amide bonds. The van der Waals surface area contributed by atoms with Gasteiger partial charge in [0.2, 0.25) is 0 Å². The molecule has 19 heavy (non-hydrogen) atoms. The highest BCUT2D eigenvalue weighted by Gasteiger charge is 2.27. The van der Waals surface area contributed by atoms with Crippen LogP contribution < -0.4 is 0 Å². The number of piperidine rings is 1. The third-order valence-electron chi connectivity index (χ3n) is 3.90. The van der Waals surface area contributed by atoms with E-state index in [1.807, 2.05) is 6.92 Å². The summed E-state index contributed by atoms with van der Waals surface area (Å²) in [5.41, 5.74) is 0.719. The Hall–Kier alpha value is -0.940. The van der Waals surface area contributed by atoms with Gasteiger partial charge in [-0.1, -0.05) is 0 Å². The minimum absolute atomic E-state index is 0.192. The van der Waals surface area contributed by atoms with Crippen LogP contribution in [0.2, 0.25) is 0 Å². The van der Waals surface area contributed by atoms with Crippen molar-refractivity contribution in [2.75, 3.05) is 19.7 Å². The van der Waals surface area contributed by atoms with Gasteiger partial charge in [-0.3, -0.25) is 0 Å². The number of aromatic nitrogens is 2. The normalized spacial score (nSPS) is 18.4. The van der Waals surface area contributed by atoms with E-state index in [9.17, 15) is 4.39 Å². The average Bonchev–Trinajstić information content (AvgIpc) is 2.77. The zero-order chi connectivity index (χ0) is 13.8. The molecule has 1 aliphatic rings. The monoisotopic (exact) mass is 269 g/mol. The molecule has 5 heteroatoms. The Balaban J connectivity index is 2.04. The molecule has 2 heterocycles. The second-order valence-corrected chi connectivity index (χ2v) is 5.40. The van der Waals surface area contributed by atoms with Gasteiger partial charge in [-0.2, -0.15) is 5.10 Å². The van der Waals surface area contributed by atoms with E-state index >= 15 is 0 Å². The second kappa shape index (κ2) is 6.48. The average molecular weight is 269 g/mol. The van der Waals surface area contributed by atoms with Gasteiger partial charge in [-0.15, -0.1) is 0 Å². The van der Waals surface area contributed by atoms with Gasteiger partial charge in [-0.25, -0.2) is 9.07 Å². The van der Waals surface area contributed by atoms with Crippen molar-refractivity contribution in [2.45, 2.75) is 52.3 Å². The first-order chi connectivity index (χ1) is 9.13. The van der Waals surface area contributed by atoms with E-state index in [4.69, 9.17) is 4.74 Å². The van der Waals surface area contributed by atoms with Gasteiger partial charge in [0.05, 0.1) is 11.9 Å². The summed E-state index contributed by atoms with van der Waals surface area (Å²) >= 11 is 0. The van der Waals surface area contributed by atoms with E-state index in [2.05, 4.69) is 23.8 Å². The maximum atomic E-state index is 13.9. The molecule has 1 aliphatic heterocycles. The van der Waals surface area contributed by atoms with Crippen LogP contribution in [0.25, 0.3) is 0 Å². The summed E-state index contributed by atoms with van der Waals surface area (Å²) in [5, 5.41) is 4.09. The fraction of sp³-hybridized carbons (Fsp3) is 0.786. The van der Waals surface area contributed by atoms with Crippen molar-refractivity contribution in [1.29, 1.82) is 0 Å². The van der Waals surface area contributed by atoms with Gasteiger partial charge in [0, 0.05) is 18.6 Å². The van der Waals surface area contributed by atoms with Crippen LogP contribution in [0.15, 0.2) is 6.20 Å². The second-order valence-electron chi connectivity index (χ2n) is 5.40. The molecule has 108 valence electrons. The van der Waals surface area contributed by atoms with E-state index in [0.717, 1.165) is 31.6 Å². The molecule has 1 aromatic rings. The quantitative estimate of drug-likeness (QED) is 0.823. The van der Waals surface area contributed by atoms with E-state index in [1.54, 1.807) is 4.68 Å². The Labute approximate surface area is 114 Å². The molecular weight excluding hydrogens is 245 g/mol. The van der Waals surface area contributed by atoms with Gasteiger partial charge < -0.3 is 9.64 Å². The van der Waals surface area contributed by atoms with Crippen LogP contribution >= 0.6 is 0 Å². The lowest BCUT2D eigenvalue weighted by Crippen LogP contribution is -2.38. The van der Waals surface area contributed by atoms with Gasteiger partial charge in [0.25, 0.3) is 0 Å². The van der Waals surface area contributed by atoms with Crippen LogP contribution in [0.3, 0.4) is 0 Å². The molecular formula is C14H24FN3O. The smallest absolute Gasteiger partial charge is 0.164 e. The van der Waals surface area contributed by atoms with Crippen LogP contribution in [0.4, 0.5) is 4.39 Å². The number of ether oxygens (including phenoxy) is 1. The Morgan fingerprint density at radius 1 is 1.42 bits per heavy atom. The molecule has 0 unspecified atom stereocenters. The Bertz CT molecular complexity index is 397. The van der Waals surface area contributed by atoms with Crippen molar-refractivity contribution in [3.8, 4) is 0 Å². The third-order valence-corrected chi connectivity index (χ3v) is 3.90. The number of hydrogen-bond donors (Lipinski definition) is 0. The summed E-state index contributed by atoms with van der Waals surface area (Å²) in [7, 11) is 0. The lowest BCUT2D eigenvalue weighted by atomic mass is 9.92. The van der Waals surface area contributed by atoms with E-state index in [1.165, 1.54) is 6.20 Å². The predicted octanol–water partition coefficient (Wildman–Crippen LogP) is 2.60. The molecule has 0 N–H and O–H groups in total. The Morgan fingerprint density at radius 2 is 2.11 bits per heavy atom. The summed E-state index contributed by atoms with van der Waals surface area (Å²) in [4.78, 5) is 2.44. The first kappa shape index (κ1) is 14.5. The van der Waals surface area contributed by atoms with Crippen LogP contribution in [0.5, 0.6) is 0 Å². The summed E-state index contributed by atoms with van der Waals surface area (Å²) in [6.45, 7) is 9.37. The fourth-order valence-corrected chi connectivity index (χ4v) is 2.75. The zero-order valence-electron chi connectivity index (χ0n) is 12.1. The largest absolute Gasteiger partial charge is 0.360 e. The molecule has 0 aliphatic carbocycles. The fourth-order valence-electron chi connectivity index (χ4n) is 2.75.